The molecule has 0 aliphatic carbocycles. The number of nitrogens with one attached hydrogen (secondary N) is 1. The minimum atomic E-state index is -0.0891. The molecule has 0 bridgehead atoms. The highest BCUT2D eigenvalue weighted by atomic mass is 35.5. The van der Waals surface area contributed by atoms with Gasteiger partial charge in [0.05, 0.1) is 24.4 Å². The van der Waals surface area contributed by atoms with E-state index >= 15 is 0 Å². The first-order valence-electron chi connectivity index (χ1n) is 7.40. The largest absolute Gasteiger partial charge is 0.493 e. The molecule has 2 rings (SSSR count). The van der Waals surface area contributed by atoms with E-state index in [4.69, 9.17) is 10.5 Å². The third-order valence-electron chi connectivity index (χ3n) is 3.11. The lowest BCUT2D eigenvalue weighted by atomic mass is 10.1. The average molecular weight is 335 g/mol. The fourth-order valence-electron chi connectivity index (χ4n) is 1.96. The Labute approximate surface area is 143 Å². The van der Waals surface area contributed by atoms with Crippen LogP contribution in [0.3, 0.4) is 0 Å². The highest BCUT2D eigenvalue weighted by Crippen LogP contribution is 2.18. The van der Waals surface area contributed by atoms with Gasteiger partial charge in [-0.05, 0) is 35.7 Å². The van der Waals surface area contributed by atoms with Gasteiger partial charge in [-0.25, -0.2) is 0 Å². The van der Waals surface area contributed by atoms with E-state index < -0.39 is 0 Å². The number of amides is 1. The predicted octanol–water partition coefficient (Wildman–Crippen LogP) is 3.91. The van der Waals surface area contributed by atoms with E-state index in [9.17, 15) is 4.79 Å². The standard InChI is InChI=1S/C18H22N2O2.ClH/c1-13(2)12-22-15-9-7-14(8-10-15)11-18(21)20-17-6-4-3-5-16(17)19;/h3-10,13H,11-12,19H2,1-2H3,(H,20,21);1H. The Morgan fingerprint density at radius 2 is 1.78 bits per heavy atom. The van der Waals surface area contributed by atoms with Gasteiger partial charge in [0.1, 0.15) is 5.75 Å². The number of anilines is 2. The van der Waals surface area contributed by atoms with Gasteiger partial charge in [-0.2, -0.15) is 0 Å². The van der Waals surface area contributed by atoms with Crippen LogP contribution in [0.15, 0.2) is 48.5 Å². The van der Waals surface area contributed by atoms with Crippen molar-refractivity contribution in [1.29, 1.82) is 0 Å². The number of para-hydroxylation sites is 2. The minimum Gasteiger partial charge on any atom is -0.493 e. The van der Waals surface area contributed by atoms with Crippen molar-refractivity contribution in [2.24, 2.45) is 5.92 Å². The molecule has 0 aliphatic heterocycles. The summed E-state index contributed by atoms with van der Waals surface area (Å²) in [6.07, 6.45) is 0.304. The van der Waals surface area contributed by atoms with Crippen LogP contribution >= 0.6 is 12.4 Å². The summed E-state index contributed by atoms with van der Waals surface area (Å²) >= 11 is 0. The van der Waals surface area contributed by atoms with Crippen LogP contribution in [-0.2, 0) is 11.2 Å². The monoisotopic (exact) mass is 334 g/mol. The molecule has 23 heavy (non-hydrogen) atoms. The van der Waals surface area contributed by atoms with Crippen molar-refractivity contribution in [2.75, 3.05) is 17.7 Å². The zero-order valence-corrected chi connectivity index (χ0v) is 14.2. The van der Waals surface area contributed by atoms with Gasteiger partial charge in [-0.15, -0.1) is 12.4 Å². The number of hydrogen-bond donors (Lipinski definition) is 2. The SMILES string of the molecule is CC(C)COc1ccc(CC(=O)Nc2ccccc2N)cc1.Cl. The van der Waals surface area contributed by atoms with Gasteiger partial charge in [0.2, 0.25) is 5.91 Å². The lowest BCUT2D eigenvalue weighted by molar-refractivity contribution is -0.115. The van der Waals surface area contributed by atoms with Gasteiger partial charge < -0.3 is 15.8 Å². The summed E-state index contributed by atoms with van der Waals surface area (Å²) in [5.74, 6) is 1.22. The van der Waals surface area contributed by atoms with Crippen LogP contribution in [0.5, 0.6) is 5.75 Å². The molecule has 0 atom stereocenters. The van der Waals surface area contributed by atoms with E-state index in [1.807, 2.05) is 36.4 Å². The van der Waals surface area contributed by atoms with Crippen LogP contribution in [0.4, 0.5) is 11.4 Å². The molecule has 0 spiro atoms. The van der Waals surface area contributed by atoms with Crippen LogP contribution in [0, 0.1) is 5.92 Å². The number of nitrogen functional groups attached to an aromatic ring is 1. The van der Waals surface area contributed by atoms with Crippen molar-refractivity contribution in [2.45, 2.75) is 20.3 Å². The molecule has 1 amide bonds. The number of halogens is 1. The second-order valence-electron chi connectivity index (χ2n) is 5.66. The van der Waals surface area contributed by atoms with Gasteiger partial charge in [0, 0.05) is 0 Å². The first kappa shape index (κ1) is 18.8. The van der Waals surface area contributed by atoms with Crippen LogP contribution < -0.4 is 15.8 Å². The van der Waals surface area contributed by atoms with Crippen LogP contribution in [0.25, 0.3) is 0 Å². The van der Waals surface area contributed by atoms with E-state index in [1.165, 1.54) is 0 Å². The Balaban J connectivity index is 0.00000264. The third kappa shape index (κ3) is 6.20. The summed E-state index contributed by atoms with van der Waals surface area (Å²) in [7, 11) is 0. The van der Waals surface area contributed by atoms with Crippen LogP contribution in [-0.4, -0.2) is 12.5 Å². The van der Waals surface area contributed by atoms with E-state index in [0.717, 1.165) is 11.3 Å². The molecule has 2 aromatic carbocycles. The summed E-state index contributed by atoms with van der Waals surface area (Å²) < 4.78 is 5.62. The van der Waals surface area contributed by atoms with Gasteiger partial charge in [-0.1, -0.05) is 38.1 Å². The molecule has 0 heterocycles. The second kappa shape index (κ2) is 9.06. The molecular formula is C18H23ClN2O2. The number of rotatable bonds is 6. The zero-order chi connectivity index (χ0) is 15.9. The molecule has 0 fully saturated rings. The lowest BCUT2D eigenvalue weighted by Gasteiger charge is -2.10. The summed E-state index contributed by atoms with van der Waals surface area (Å²) in [4.78, 5) is 12.0. The van der Waals surface area contributed by atoms with Crippen LogP contribution in [0.2, 0.25) is 0 Å². The van der Waals surface area contributed by atoms with Gasteiger partial charge in [-0.3, -0.25) is 4.79 Å². The quantitative estimate of drug-likeness (QED) is 0.787. The number of carbonyl (C=O) groups excluding carboxylic acids is 1. The average Bonchev–Trinajstić information content (AvgIpc) is 2.49. The Hall–Kier alpha value is -2.20. The number of benzene rings is 2. The number of hydrogen-bond acceptors (Lipinski definition) is 3. The molecule has 5 heteroatoms. The van der Waals surface area contributed by atoms with Crippen molar-refractivity contribution in [3.63, 3.8) is 0 Å². The first-order valence-corrected chi connectivity index (χ1v) is 7.40. The molecule has 0 unspecified atom stereocenters. The fraction of sp³-hybridized carbons (Fsp3) is 0.278. The molecule has 4 nitrogen and oxygen atoms in total. The van der Waals surface area contributed by atoms with Crippen molar-refractivity contribution in [1.82, 2.24) is 0 Å². The smallest absolute Gasteiger partial charge is 0.228 e. The molecule has 0 saturated carbocycles. The fourth-order valence-corrected chi connectivity index (χ4v) is 1.96. The predicted molar refractivity (Wildman–Crippen MR) is 97.2 cm³/mol. The first-order chi connectivity index (χ1) is 10.5. The highest BCUT2D eigenvalue weighted by molar-refractivity contribution is 5.95. The maximum Gasteiger partial charge on any atom is 0.228 e. The van der Waals surface area contributed by atoms with Gasteiger partial charge >= 0.3 is 0 Å². The molecule has 2 aromatic rings. The van der Waals surface area contributed by atoms with Crippen molar-refractivity contribution >= 4 is 29.7 Å². The molecule has 124 valence electrons. The zero-order valence-electron chi connectivity index (χ0n) is 13.4. The van der Waals surface area contributed by atoms with E-state index in [1.54, 1.807) is 12.1 Å². The Kier molecular flexibility index (Phi) is 7.42. The molecule has 3 N–H and O–H groups in total. The normalized spacial score (nSPS) is 10.0. The van der Waals surface area contributed by atoms with E-state index in [2.05, 4.69) is 19.2 Å². The van der Waals surface area contributed by atoms with Crippen molar-refractivity contribution in [3.8, 4) is 5.75 Å². The van der Waals surface area contributed by atoms with Gasteiger partial charge in [0.15, 0.2) is 0 Å². The summed E-state index contributed by atoms with van der Waals surface area (Å²) in [6.45, 7) is 4.90. The molecule has 0 aliphatic rings. The lowest BCUT2D eigenvalue weighted by Crippen LogP contribution is -2.15. The maximum atomic E-state index is 12.0. The summed E-state index contributed by atoms with van der Waals surface area (Å²) in [5.41, 5.74) is 7.95. The van der Waals surface area contributed by atoms with E-state index in [-0.39, 0.29) is 18.3 Å². The molecular weight excluding hydrogens is 312 g/mol. The number of ether oxygens (including phenoxy) is 1. The second-order valence-corrected chi connectivity index (χ2v) is 5.66. The number of carbonyl (C=O) groups is 1. The van der Waals surface area contributed by atoms with Crippen LogP contribution in [0.1, 0.15) is 19.4 Å². The Morgan fingerprint density at radius 1 is 1.13 bits per heavy atom. The molecule has 0 radical (unpaired) electrons. The van der Waals surface area contributed by atoms with Gasteiger partial charge in [0.25, 0.3) is 0 Å². The van der Waals surface area contributed by atoms with Crippen molar-refractivity contribution < 1.29 is 9.53 Å². The Bertz CT molecular complexity index is 627. The molecule has 0 saturated heterocycles. The maximum absolute atomic E-state index is 12.0. The topological polar surface area (TPSA) is 64.3 Å². The van der Waals surface area contributed by atoms with Crippen molar-refractivity contribution in [3.05, 3.63) is 54.1 Å². The van der Waals surface area contributed by atoms with E-state index in [0.29, 0.717) is 30.3 Å². The minimum absolute atomic E-state index is 0. The molecule has 0 aromatic heterocycles. The number of nitrogens with two attached hydrogens (primary N) is 1. The third-order valence-corrected chi connectivity index (χ3v) is 3.11. The highest BCUT2D eigenvalue weighted by Gasteiger charge is 2.06. The summed E-state index contributed by atoms with van der Waals surface area (Å²) in [5, 5.41) is 2.82. The Morgan fingerprint density at radius 3 is 2.39 bits per heavy atom. The summed E-state index contributed by atoms with van der Waals surface area (Å²) in [6, 6.07) is 14.8.